The molecule has 0 amide bonds. The molecule has 2 rings (SSSR count). The zero-order valence-electron chi connectivity index (χ0n) is 10.9. The van der Waals surface area contributed by atoms with Gasteiger partial charge in [0, 0.05) is 12.3 Å². The molecule has 0 aliphatic rings. The molecule has 100 valence electrons. The van der Waals surface area contributed by atoms with Gasteiger partial charge in [0.2, 0.25) is 0 Å². The molecule has 0 aliphatic heterocycles. The van der Waals surface area contributed by atoms with Crippen LogP contribution >= 0.6 is 0 Å². The molecule has 0 bridgehead atoms. The van der Waals surface area contributed by atoms with E-state index in [4.69, 9.17) is 9.84 Å². The largest absolute Gasteiger partial charge is 0.491 e. The van der Waals surface area contributed by atoms with Crippen LogP contribution in [-0.4, -0.2) is 26.7 Å². The van der Waals surface area contributed by atoms with E-state index in [1.54, 1.807) is 4.57 Å². The number of ether oxygens (including phenoxy) is 1. The van der Waals surface area contributed by atoms with Crippen LogP contribution in [0.5, 0.6) is 5.75 Å². The number of carbonyl (C=O) groups is 1. The molecule has 1 N–H and O–H groups in total. The molecule has 0 fully saturated rings. The van der Waals surface area contributed by atoms with Gasteiger partial charge in [-0.05, 0) is 25.5 Å². The molecule has 0 saturated carbocycles. The normalized spacial score (nSPS) is 12.1. The summed E-state index contributed by atoms with van der Waals surface area (Å²) in [6, 6.07) is 7.48. The molecule has 5 heteroatoms. The number of carboxylic acid groups (broad SMARTS) is 1. The highest BCUT2D eigenvalue weighted by atomic mass is 16.5. The highest BCUT2D eigenvalue weighted by Gasteiger charge is 2.08. The predicted molar refractivity (Wildman–Crippen MR) is 70.9 cm³/mol. The third kappa shape index (κ3) is 3.13. The van der Waals surface area contributed by atoms with Crippen LogP contribution in [0.2, 0.25) is 0 Å². The number of hydrogen-bond acceptors (Lipinski definition) is 3. The van der Waals surface area contributed by atoms with Gasteiger partial charge in [0.25, 0.3) is 0 Å². The van der Waals surface area contributed by atoms with Gasteiger partial charge in [-0.25, -0.2) is 9.78 Å². The molecule has 0 radical (unpaired) electrons. The molecule has 5 nitrogen and oxygen atoms in total. The summed E-state index contributed by atoms with van der Waals surface area (Å²) < 4.78 is 7.39. The third-order valence-electron chi connectivity index (χ3n) is 2.83. The quantitative estimate of drug-likeness (QED) is 0.897. The summed E-state index contributed by atoms with van der Waals surface area (Å²) in [7, 11) is 0. The first kappa shape index (κ1) is 13.1. The van der Waals surface area contributed by atoms with Crippen LogP contribution in [0.1, 0.15) is 30.8 Å². The number of nitrogens with zero attached hydrogens (tertiary/aromatic N) is 2. The van der Waals surface area contributed by atoms with Gasteiger partial charge in [0.05, 0.1) is 11.8 Å². The second-order valence-corrected chi connectivity index (χ2v) is 4.31. The van der Waals surface area contributed by atoms with E-state index in [1.807, 2.05) is 31.2 Å². The van der Waals surface area contributed by atoms with Gasteiger partial charge in [0.15, 0.2) is 5.69 Å². The van der Waals surface area contributed by atoms with E-state index in [9.17, 15) is 4.79 Å². The van der Waals surface area contributed by atoms with Crippen molar-refractivity contribution in [1.29, 1.82) is 0 Å². The van der Waals surface area contributed by atoms with Crippen molar-refractivity contribution in [1.82, 2.24) is 9.55 Å². The Morgan fingerprint density at radius 3 is 2.95 bits per heavy atom. The Morgan fingerprint density at radius 2 is 2.32 bits per heavy atom. The SMILES string of the molecule is CCC(C)Oc1cccc(-n2cnc(C(=O)O)c2)c1. The van der Waals surface area contributed by atoms with Crippen LogP contribution in [0.15, 0.2) is 36.8 Å². The number of benzene rings is 1. The first-order valence-electron chi connectivity index (χ1n) is 6.14. The van der Waals surface area contributed by atoms with Crippen molar-refractivity contribution in [2.75, 3.05) is 0 Å². The first-order chi connectivity index (χ1) is 9.10. The Balaban J connectivity index is 2.24. The second kappa shape index (κ2) is 5.56. The van der Waals surface area contributed by atoms with Crippen molar-refractivity contribution in [3.63, 3.8) is 0 Å². The Hall–Kier alpha value is -2.30. The average Bonchev–Trinajstić information content (AvgIpc) is 2.88. The van der Waals surface area contributed by atoms with E-state index in [2.05, 4.69) is 11.9 Å². The summed E-state index contributed by atoms with van der Waals surface area (Å²) in [5.74, 6) is -0.275. The Labute approximate surface area is 111 Å². The van der Waals surface area contributed by atoms with Crippen LogP contribution in [0, 0.1) is 0 Å². The Kier molecular flexibility index (Phi) is 3.85. The molecule has 0 spiro atoms. The van der Waals surface area contributed by atoms with Gasteiger partial charge in [-0.15, -0.1) is 0 Å². The van der Waals surface area contributed by atoms with Crippen molar-refractivity contribution in [2.24, 2.45) is 0 Å². The van der Waals surface area contributed by atoms with Crippen LogP contribution in [-0.2, 0) is 0 Å². The molecule has 0 aliphatic carbocycles. The van der Waals surface area contributed by atoms with Crippen LogP contribution in [0.4, 0.5) is 0 Å². The summed E-state index contributed by atoms with van der Waals surface area (Å²) in [5, 5.41) is 8.85. The number of hydrogen-bond donors (Lipinski definition) is 1. The molecule has 1 heterocycles. The average molecular weight is 260 g/mol. The molecular weight excluding hydrogens is 244 g/mol. The van der Waals surface area contributed by atoms with Crippen LogP contribution in [0.25, 0.3) is 5.69 Å². The van der Waals surface area contributed by atoms with Gasteiger partial charge >= 0.3 is 5.97 Å². The minimum absolute atomic E-state index is 0.0215. The van der Waals surface area contributed by atoms with Crippen molar-refractivity contribution in [3.8, 4) is 11.4 Å². The Morgan fingerprint density at radius 1 is 1.53 bits per heavy atom. The van der Waals surface area contributed by atoms with Gasteiger partial charge < -0.3 is 14.4 Å². The van der Waals surface area contributed by atoms with Crippen molar-refractivity contribution in [3.05, 3.63) is 42.5 Å². The van der Waals surface area contributed by atoms with E-state index in [1.165, 1.54) is 12.5 Å². The second-order valence-electron chi connectivity index (χ2n) is 4.31. The molecule has 2 aromatic rings. The lowest BCUT2D eigenvalue weighted by Gasteiger charge is -2.13. The lowest BCUT2D eigenvalue weighted by atomic mass is 10.2. The first-order valence-corrected chi connectivity index (χ1v) is 6.14. The zero-order chi connectivity index (χ0) is 13.8. The highest BCUT2D eigenvalue weighted by molar-refractivity contribution is 5.85. The molecule has 0 saturated heterocycles. The molecule has 1 unspecified atom stereocenters. The monoisotopic (exact) mass is 260 g/mol. The highest BCUT2D eigenvalue weighted by Crippen LogP contribution is 2.19. The van der Waals surface area contributed by atoms with Crippen molar-refractivity contribution in [2.45, 2.75) is 26.4 Å². The minimum atomic E-state index is -1.04. The van der Waals surface area contributed by atoms with Crippen molar-refractivity contribution < 1.29 is 14.6 Å². The maximum Gasteiger partial charge on any atom is 0.356 e. The lowest BCUT2D eigenvalue weighted by molar-refractivity contribution is 0.0691. The Bertz CT molecular complexity index is 578. The summed E-state index contributed by atoms with van der Waals surface area (Å²) in [4.78, 5) is 14.6. The smallest absolute Gasteiger partial charge is 0.356 e. The maximum absolute atomic E-state index is 10.8. The van der Waals surface area contributed by atoms with E-state index >= 15 is 0 Å². The van der Waals surface area contributed by atoms with Crippen LogP contribution in [0.3, 0.4) is 0 Å². The summed E-state index contributed by atoms with van der Waals surface area (Å²) in [6.45, 7) is 4.07. The third-order valence-corrected chi connectivity index (χ3v) is 2.83. The number of aromatic nitrogens is 2. The fraction of sp³-hybridized carbons (Fsp3) is 0.286. The molecule has 1 aromatic carbocycles. The van der Waals surface area contributed by atoms with E-state index in [0.29, 0.717) is 0 Å². The predicted octanol–water partition coefficient (Wildman–Crippen LogP) is 2.75. The van der Waals surface area contributed by atoms with Crippen LogP contribution < -0.4 is 4.74 Å². The zero-order valence-corrected chi connectivity index (χ0v) is 10.9. The fourth-order valence-electron chi connectivity index (χ4n) is 1.61. The van der Waals surface area contributed by atoms with Gasteiger partial charge in [0.1, 0.15) is 12.1 Å². The molecule has 19 heavy (non-hydrogen) atoms. The van der Waals surface area contributed by atoms with E-state index in [0.717, 1.165) is 17.9 Å². The summed E-state index contributed by atoms with van der Waals surface area (Å²) in [6.07, 6.45) is 4.03. The number of aromatic carboxylic acids is 1. The topological polar surface area (TPSA) is 64.4 Å². The maximum atomic E-state index is 10.8. The lowest BCUT2D eigenvalue weighted by Crippen LogP contribution is -2.09. The molecule has 1 atom stereocenters. The van der Waals surface area contributed by atoms with E-state index < -0.39 is 5.97 Å². The molecule has 1 aromatic heterocycles. The summed E-state index contributed by atoms with van der Waals surface area (Å²) in [5.41, 5.74) is 0.842. The number of rotatable bonds is 5. The minimum Gasteiger partial charge on any atom is -0.491 e. The van der Waals surface area contributed by atoms with Gasteiger partial charge in [-0.3, -0.25) is 0 Å². The fourth-order valence-corrected chi connectivity index (χ4v) is 1.61. The van der Waals surface area contributed by atoms with E-state index in [-0.39, 0.29) is 11.8 Å². The number of carboxylic acids is 1. The number of imidazole rings is 1. The van der Waals surface area contributed by atoms with Gasteiger partial charge in [-0.1, -0.05) is 13.0 Å². The van der Waals surface area contributed by atoms with Crippen molar-refractivity contribution >= 4 is 5.97 Å². The standard InChI is InChI=1S/C14H16N2O3/c1-3-10(2)19-12-6-4-5-11(7-12)16-8-13(14(17)18)15-9-16/h4-10H,3H2,1-2H3,(H,17,18). The summed E-state index contributed by atoms with van der Waals surface area (Å²) >= 11 is 0. The van der Waals surface area contributed by atoms with Gasteiger partial charge in [-0.2, -0.15) is 0 Å². The molecular formula is C14H16N2O3.